The van der Waals surface area contributed by atoms with Gasteiger partial charge >= 0.3 is 0 Å². The average molecular weight is 347 g/mol. The van der Waals surface area contributed by atoms with Crippen LogP contribution in [0.3, 0.4) is 0 Å². The number of rotatable bonds is 3. The van der Waals surface area contributed by atoms with Gasteiger partial charge in [0.15, 0.2) is 0 Å². The summed E-state index contributed by atoms with van der Waals surface area (Å²) in [7, 11) is 0. The fourth-order valence-corrected chi connectivity index (χ4v) is 3.37. The Labute approximate surface area is 130 Å². The van der Waals surface area contributed by atoms with Crippen molar-refractivity contribution in [3.63, 3.8) is 0 Å². The molecule has 3 heteroatoms. The number of thioether (sulfide) groups is 1. The lowest BCUT2D eigenvalue weighted by Crippen LogP contribution is -1.84. The van der Waals surface area contributed by atoms with E-state index in [1.54, 1.807) is 11.8 Å². The fourth-order valence-electron chi connectivity index (χ4n) is 2.05. The largest absolute Gasteiger partial charge is 0.206 e. The molecular weight excluding hydrogens is 335 g/mol. The molecule has 20 heavy (non-hydrogen) atoms. The van der Waals surface area contributed by atoms with Crippen molar-refractivity contribution in [3.05, 3.63) is 76.5 Å². The van der Waals surface area contributed by atoms with Gasteiger partial charge in [-0.2, -0.15) is 0 Å². The van der Waals surface area contributed by atoms with Crippen molar-refractivity contribution >= 4 is 38.5 Å². The molecule has 0 amide bonds. The van der Waals surface area contributed by atoms with Crippen LogP contribution < -0.4 is 0 Å². The molecule has 0 aliphatic carbocycles. The Kier molecular flexibility index (Phi) is 4.08. The Bertz CT molecular complexity index is 755. The minimum Gasteiger partial charge on any atom is -0.206 e. The Hall–Kier alpha value is -1.32. The van der Waals surface area contributed by atoms with E-state index >= 15 is 0 Å². The molecule has 0 aliphatic rings. The molecule has 100 valence electrons. The highest BCUT2D eigenvalue weighted by Gasteiger charge is 2.02. The van der Waals surface area contributed by atoms with Gasteiger partial charge in [-0.25, -0.2) is 4.39 Å². The van der Waals surface area contributed by atoms with Crippen molar-refractivity contribution in [1.29, 1.82) is 0 Å². The third-order valence-corrected chi connectivity index (χ3v) is 4.78. The average Bonchev–Trinajstić information content (AvgIpc) is 2.48. The highest BCUT2D eigenvalue weighted by molar-refractivity contribution is 9.10. The molecule has 0 heterocycles. The molecule has 3 rings (SSSR count). The SMILES string of the molecule is Fc1ccc(CSc2ccc3ccccc3c2)cc1Br. The first kappa shape index (κ1) is 13.7. The molecule has 3 aromatic carbocycles. The monoisotopic (exact) mass is 346 g/mol. The summed E-state index contributed by atoms with van der Waals surface area (Å²) in [6, 6.07) is 20.0. The van der Waals surface area contributed by atoms with E-state index in [1.807, 2.05) is 24.3 Å². The number of benzene rings is 3. The Balaban J connectivity index is 1.77. The van der Waals surface area contributed by atoms with Crippen molar-refractivity contribution in [1.82, 2.24) is 0 Å². The van der Waals surface area contributed by atoms with Crippen molar-refractivity contribution in [2.45, 2.75) is 10.6 Å². The Morgan fingerprint density at radius 3 is 2.50 bits per heavy atom. The molecular formula is C17H12BrFS. The van der Waals surface area contributed by atoms with Crippen molar-refractivity contribution in [3.8, 4) is 0 Å². The summed E-state index contributed by atoms with van der Waals surface area (Å²) >= 11 is 4.98. The lowest BCUT2D eigenvalue weighted by atomic mass is 10.1. The van der Waals surface area contributed by atoms with Crippen LogP contribution in [0.4, 0.5) is 4.39 Å². The van der Waals surface area contributed by atoms with E-state index in [-0.39, 0.29) is 5.82 Å². The maximum atomic E-state index is 13.2. The van der Waals surface area contributed by atoms with E-state index < -0.39 is 0 Å². The van der Waals surface area contributed by atoms with Crippen LogP contribution in [-0.4, -0.2) is 0 Å². The summed E-state index contributed by atoms with van der Waals surface area (Å²) in [4.78, 5) is 1.23. The molecule has 0 atom stereocenters. The van der Waals surface area contributed by atoms with Crippen LogP contribution >= 0.6 is 27.7 Å². The summed E-state index contributed by atoms with van der Waals surface area (Å²) < 4.78 is 13.7. The molecule has 3 aromatic rings. The van der Waals surface area contributed by atoms with E-state index in [4.69, 9.17) is 0 Å². The van der Waals surface area contributed by atoms with Crippen LogP contribution in [0.1, 0.15) is 5.56 Å². The second kappa shape index (κ2) is 5.98. The summed E-state index contributed by atoms with van der Waals surface area (Å²) in [5, 5.41) is 2.50. The maximum Gasteiger partial charge on any atom is 0.137 e. The molecule has 0 bridgehead atoms. The van der Waals surface area contributed by atoms with Crippen LogP contribution in [0.25, 0.3) is 10.8 Å². The predicted octanol–water partition coefficient (Wildman–Crippen LogP) is 6.03. The third-order valence-electron chi connectivity index (χ3n) is 3.11. The predicted molar refractivity (Wildman–Crippen MR) is 87.6 cm³/mol. The first-order valence-electron chi connectivity index (χ1n) is 6.28. The molecule has 0 nitrogen and oxygen atoms in total. The molecule has 0 saturated carbocycles. The maximum absolute atomic E-state index is 13.2. The zero-order chi connectivity index (χ0) is 13.9. The first-order valence-corrected chi connectivity index (χ1v) is 8.06. The van der Waals surface area contributed by atoms with Gasteiger partial charge in [0.05, 0.1) is 4.47 Å². The Morgan fingerprint density at radius 2 is 1.70 bits per heavy atom. The van der Waals surface area contributed by atoms with Gasteiger partial charge in [-0.15, -0.1) is 11.8 Å². The molecule has 0 spiro atoms. The first-order chi connectivity index (χ1) is 9.72. The second-order valence-corrected chi connectivity index (χ2v) is 6.45. The quantitative estimate of drug-likeness (QED) is 0.521. The van der Waals surface area contributed by atoms with Crippen molar-refractivity contribution in [2.24, 2.45) is 0 Å². The molecule has 0 N–H and O–H groups in total. The van der Waals surface area contributed by atoms with Crippen LogP contribution in [0.5, 0.6) is 0 Å². The van der Waals surface area contributed by atoms with Gasteiger partial charge in [-0.3, -0.25) is 0 Å². The lowest BCUT2D eigenvalue weighted by molar-refractivity contribution is 0.620. The number of hydrogen-bond donors (Lipinski definition) is 0. The summed E-state index contributed by atoms with van der Waals surface area (Å²) in [5.74, 6) is 0.612. The molecule has 0 aliphatic heterocycles. The van der Waals surface area contributed by atoms with Gasteiger partial charge < -0.3 is 0 Å². The Morgan fingerprint density at radius 1 is 0.900 bits per heavy atom. The molecule has 0 radical (unpaired) electrons. The van der Waals surface area contributed by atoms with Crippen molar-refractivity contribution < 1.29 is 4.39 Å². The molecule has 0 fully saturated rings. The lowest BCUT2D eigenvalue weighted by Gasteiger charge is -2.05. The van der Waals surface area contributed by atoms with E-state index in [0.29, 0.717) is 4.47 Å². The smallest absolute Gasteiger partial charge is 0.137 e. The summed E-state index contributed by atoms with van der Waals surface area (Å²) in [6.07, 6.45) is 0. The molecule has 0 saturated heterocycles. The zero-order valence-electron chi connectivity index (χ0n) is 10.6. The zero-order valence-corrected chi connectivity index (χ0v) is 13.0. The minimum absolute atomic E-state index is 0.218. The van der Waals surface area contributed by atoms with E-state index in [2.05, 4.69) is 46.3 Å². The third kappa shape index (κ3) is 3.05. The highest BCUT2D eigenvalue weighted by atomic mass is 79.9. The van der Waals surface area contributed by atoms with Crippen molar-refractivity contribution in [2.75, 3.05) is 0 Å². The number of halogens is 2. The van der Waals surface area contributed by atoms with E-state index in [9.17, 15) is 4.39 Å². The van der Waals surface area contributed by atoms with Gasteiger partial charge in [0.1, 0.15) is 5.82 Å². The number of fused-ring (bicyclic) bond motifs is 1. The van der Waals surface area contributed by atoms with Crippen LogP contribution in [0, 0.1) is 5.82 Å². The van der Waals surface area contributed by atoms with Gasteiger partial charge in [-0.05, 0) is 56.5 Å². The fraction of sp³-hybridized carbons (Fsp3) is 0.0588. The minimum atomic E-state index is -0.218. The van der Waals surface area contributed by atoms with Crippen LogP contribution in [-0.2, 0) is 5.75 Å². The second-order valence-electron chi connectivity index (χ2n) is 4.55. The molecule has 0 unspecified atom stereocenters. The number of hydrogen-bond acceptors (Lipinski definition) is 1. The van der Waals surface area contributed by atoms with E-state index in [0.717, 1.165) is 11.3 Å². The van der Waals surface area contributed by atoms with Gasteiger partial charge in [0, 0.05) is 10.6 Å². The van der Waals surface area contributed by atoms with Gasteiger partial charge in [0.2, 0.25) is 0 Å². The van der Waals surface area contributed by atoms with Gasteiger partial charge in [-0.1, -0.05) is 36.4 Å². The van der Waals surface area contributed by atoms with Crippen LogP contribution in [0.15, 0.2) is 70.0 Å². The highest BCUT2D eigenvalue weighted by Crippen LogP contribution is 2.27. The van der Waals surface area contributed by atoms with Gasteiger partial charge in [0.25, 0.3) is 0 Å². The standard InChI is InChI=1S/C17H12BrFS/c18-16-9-12(5-8-17(16)19)11-20-15-7-6-13-3-1-2-4-14(13)10-15/h1-10H,11H2. The van der Waals surface area contributed by atoms with E-state index in [1.165, 1.54) is 21.7 Å². The summed E-state index contributed by atoms with van der Waals surface area (Å²) in [6.45, 7) is 0. The topological polar surface area (TPSA) is 0 Å². The van der Waals surface area contributed by atoms with Crippen LogP contribution in [0.2, 0.25) is 0 Å². The summed E-state index contributed by atoms with van der Waals surface area (Å²) in [5.41, 5.74) is 1.11. The molecule has 0 aromatic heterocycles. The normalized spacial score (nSPS) is 10.9.